The summed E-state index contributed by atoms with van der Waals surface area (Å²) in [7, 11) is 4.04. The molecule has 2 aromatic rings. The van der Waals surface area contributed by atoms with Crippen molar-refractivity contribution in [3.63, 3.8) is 0 Å². The van der Waals surface area contributed by atoms with Crippen molar-refractivity contribution in [2.75, 3.05) is 43.9 Å². The van der Waals surface area contributed by atoms with Gasteiger partial charge in [0.15, 0.2) is 0 Å². The number of hydrogen-bond donors (Lipinski definition) is 1. The third-order valence-corrected chi connectivity index (χ3v) is 7.69. The highest BCUT2D eigenvalue weighted by Gasteiger charge is 2.34. The summed E-state index contributed by atoms with van der Waals surface area (Å²) < 4.78 is 41.2. The van der Waals surface area contributed by atoms with Crippen LogP contribution in [-0.2, 0) is 6.18 Å². The molecule has 2 aromatic carbocycles. The van der Waals surface area contributed by atoms with Gasteiger partial charge in [-0.05, 0) is 87.6 Å². The van der Waals surface area contributed by atoms with Gasteiger partial charge in [0.25, 0.3) is 0 Å². The number of fused-ring (bicyclic) bond motifs is 2. The second-order valence-corrected chi connectivity index (χ2v) is 10.4. The summed E-state index contributed by atoms with van der Waals surface area (Å²) >= 11 is 1.44. The van der Waals surface area contributed by atoms with E-state index < -0.39 is 11.7 Å². The molecule has 7 heteroatoms. The van der Waals surface area contributed by atoms with Crippen LogP contribution in [0.5, 0.6) is 0 Å². The topological polar surface area (TPSA) is 18.5 Å². The minimum atomic E-state index is -4.39. The largest absolute Gasteiger partial charge is 0.416 e. The van der Waals surface area contributed by atoms with E-state index in [9.17, 15) is 13.2 Å². The second-order valence-electron chi connectivity index (χ2n) is 9.27. The summed E-state index contributed by atoms with van der Waals surface area (Å²) in [6.07, 6.45) is 4.40. The normalized spacial score (nSPS) is 15.4. The van der Waals surface area contributed by atoms with Crippen LogP contribution in [0, 0.1) is 0 Å². The molecule has 2 aliphatic rings. The monoisotopic (exact) mass is 489 g/mol. The number of halogens is 3. The highest BCUT2D eigenvalue weighted by molar-refractivity contribution is 7.99. The maximum absolute atomic E-state index is 13.7. The van der Waals surface area contributed by atoms with Crippen molar-refractivity contribution < 1.29 is 13.2 Å². The zero-order valence-electron chi connectivity index (χ0n) is 20.3. The van der Waals surface area contributed by atoms with E-state index in [-0.39, 0.29) is 0 Å². The fourth-order valence-corrected chi connectivity index (χ4v) is 5.95. The lowest BCUT2D eigenvalue weighted by atomic mass is 10.0. The third-order valence-electron chi connectivity index (χ3n) is 6.62. The molecule has 4 rings (SSSR count). The van der Waals surface area contributed by atoms with Crippen LogP contribution in [0.25, 0.3) is 5.57 Å². The number of alkyl halides is 3. The third kappa shape index (κ3) is 5.57. The lowest BCUT2D eigenvalue weighted by Crippen LogP contribution is -2.23. The zero-order valence-corrected chi connectivity index (χ0v) is 21.1. The van der Waals surface area contributed by atoms with Crippen molar-refractivity contribution in [2.24, 2.45) is 0 Å². The first-order valence-electron chi connectivity index (χ1n) is 12.2. The molecule has 34 heavy (non-hydrogen) atoms. The van der Waals surface area contributed by atoms with Gasteiger partial charge in [0.2, 0.25) is 0 Å². The van der Waals surface area contributed by atoms with Gasteiger partial charge in [-0.3, -0.25) is 0 Å². The lowest BCUT2D eigenvalue weighted by molar-refractivity contribution is -0.137. The number of benzene rings is 2. The maximum Gasteiger partial charge on any atom is 0.416 e. The van der Waals surface area contributed by atoms with Crippen LogP contribution in [0.2, 0.25) is 0 Å². The molecule has 0 radical (unpaired) electrons. The Morgan fingerprint density at radius 3 is 2.59 bits per heavy atom. The van der Waals surface area contributed by atoms with Gasteiger partial charge in [0.1, 0.15) is 0 Å². The molecule has 0 fully saturated rings. The summed E-state index contributed by atoms with van der Waals surface area (Å²) in [6.45, 7) is 4.76. The average molecular weight is 490 g/mol. The van der Waals surface area contributed by atoms with Gasteiger partial charge in [0, 0.05) is 23.4 Å². The molecule has 1 heterocycles. The molecular weight excluding hydrogens is 455 g/mol. The van der Waals surface area contributed by atoms with Gasteiger partial charge >= 0.3 is 6.18 Å². The molecule has 0 unspecified atom stereocenters. The summed E-state index contributed by atoms with van der Waals surface area (Å²) in [5.41, 5.74) is 4.31. The average Bonchev–Trinajstić information content (AvgIpc) is 3.34. The Morgan fingerprint density at radius 1 is 1.09 bits per heavy atom. The predicted molar refractivity (Wildman–Crippen MR) is 137 cm³/mol. The first-order valence-corrected chi connectivity index (χ1v) is 13.0. The molecule has 3 nitrogen and oxygen atoms in total. The lowest BCUT2D eigenvalue weighted by Gasteiger charge is -2.33. The van der Waals surface area contributed by atoms with E-state index in [0.29, 0.717) is 17.1 Å². The van der Waals surface area contributed by atoms with Crippen LogP contribution in [0.15, 0.2) is 46.2 Å². The van der Waals surface area contributed by atoms with Crippen LogP contribution in [0.4, 0.5) is 30.2 Å². The zero-order chi connectivity index (χ0) is 24.3. The van der Waals surface area contributed by atoms with Crippen molar-refractivity contribution in [2.45, 2.75) is 61.4 Å². The van der Waals surface area contributed by atoms with Gasteiger partial charge in [-0.2, -0.15) is 13.2 Å². The maximum atomic E-state index is 13.7. The van der Waals surface area contributed by atoms with Crippen LogP contribution < -0.4 is 10.2 Å². The second kappa shape index (κ2) is 10.6. The molecule has 0 aromatic heterocycles. The Morgan fingerprint density at radius 2 is 1.88 bits per heavy atom. The van der Waals surface area contributed by atoms with Crippen molar-refractivity contribution in [3.8, 4) is 0 Å². The molecule has 0 atom stereocenters. The van der Waals surface area contributed by atoms with Gasteiger partial charge in [-0.15, -0.1) is 0 Å². The summed E-state index contributed by atoms with van der Waals surface area (Å²) in [5, 5.41) is 3.32. The van der Waals surface area contributed by atoms with Crippen LogP contribution >= 0.6 is 11.8 Å². The number of nitrogens with zero attached hydrogens (tertiary/aromatic N) is 2. The molecule has 0 bridgehead atoms. The quantitative estimate of drug-likeness (QED) is 0.359. The van der Waals surface area contributed by atoms with Gasteiger partial charge < -0.3 is 15.1 Å². The molecular formula is C27H34F3N3S. The molecule has 0 amide bonds. The first kappa shape index (κ1) is 25.0. The van der Waals surface area contributed by atoms with E-state index in [2.05, 4.69) is 48.5 Å². The molecule has 1 N–H and O–H groups in total. The Bertz CT molecular complexity index is 1050. The molecule has 1 aliphatic carbocycles. The fraction of sp³-hybridized carbons (Fsp3) is 0.481. The number of unbranched alkanes of at least 4 members (excludes halogenated alkanes) is 1. The number of nitrogens with one attached hydrogen (secondary N) is 1. The van der Waals surface area contributed by atoms with E-state index in [1.807, 2.05) is 11.9 Å². The molecule has 0 spiro atoms. The van der Waals surface area contributed by atoms with E-state index in [0.717, 1.165) is 61.5 Å². The fourth-order valence-electron chi connectivity index (χ4n) is 4.69. The van der Waals surface area contributed by atoms with Crippen molar-refractivity contribution >= 4 is 34.4 Å². The van der Waals surface area contributed by atoms with Crippen LogP contribution in [-0.4, -0.2) is 38.6 Å². The number of anilines is 3. The predicted octanol–water partition coefficient (Wildman–Crippen LogP) is 8.04. The minimum Gasteiger partial charge on any atom is -0.383 e. The number of hydrogen-bond acceptors (Lipinski definition) is 4. The molecule has 184 valence electrons. The van der Waals surface area contributed by atoms with Crippen molar-refractivity contribution in [1.82, 2.24) is 4.90 Å². The van der Waals surface area contributed by atoms with Gasteiger partial charge in [0.05, 0.1) is 22.6 Å². The van der Waals surface area contributed by atoms with Crippen LogP contribution in [0.1, 0.15) is 56.6 Å². The van der Waals surface area contributed by atoms with E-state index in [1.165, 1.54) is 41.5 Å². The van der Waals surface area contributed by atoms with Gasteiger partial charge in [-0.1, -0.05) is 37.2 Å². The summed E-state index contributed by atoms with van der Waals surface area (Å²) in [4.78, 5) is 5.96. The molecule has 0 saturated carbocycles. The van der Waals surface area contributed by atoms with E-state index >= 15 is 0 Å². The Balaban J connectivity index is 1.58. The van der Waals surface area contributed by atoms with E-state index in [4.69, 9.17) is 0 Å². The van der Waals surface area contributed by atoms with Crippen molar-refractivity contribution in [3.05, 3.63) is 47.5 Å². The summed E-state index contributed by atoms with van der Waals surface area (Å²) in [6, 6.07) is 8.94. The summed E-state index contributed by atoms with van der Waals surface area (Å²) in [5.74, 6) is 0. The molecule has 0 saturated heterocycles. The number of rotatable bonds is 9. The Labute approximate surface area is 205 Å². The highest BCUT2D eigenvalue weighted by atomic mass is 32.2. The van der Waals surface area contributed by atoms with E-state index in [1.54, 1.807) is 0 Å². The Kier molecular flexibility index (Phi) is 7.83. The van der Waals surface area contributed by atoms with Crippen molar-refractivity contribution in [1.29, 1.82) is 0 Å². The first-order chi connectivity index (χ1) is 16.3. The molecule has 1 aliphatic heterocycles. The SMILES string of the molecule is CCCCN(C)CCCNc1cc(C(F)(F)F)cc2c1N(C)c1ccc(C3=CCCC3)cc1S2. The Hall–Kier alpha value is -2.12. The minimum absolute atomic E-state index is 0.546. The standard InChI is InChI=1S/C27H34F3N3S/c1-4-5-14-32(2)15-8-13-31-22-17-21(27(28,29)30)18-25-26(22)33(3)23-12-11-20(16-24(23)34-25)19-9-6-7-10-19/h9,11-12,16-18,31H,4-8,10,13-15H2,1-3H3. The van der Waals surface area contributed by atoms with Gasteiger partial charge in [-0.25, -0.2) is 0 Å². The van der Waals surface area contributed by atoms with Crippen LogP contribution in [0.3, 0.4) is 0 Å². The number of allylic oxidation sites excluding steroid dienone is 2. The highest BCUT2D eigenvalue weighted by Crippen LogP contribution is 2.53. The smallest absolute Gasteiger partial charge is 0.383 e.